The lowest BCUT2D eigenvalue weighted by Crippen LogP contribution is -2.55. The van der Waals surface area contributed by atoms with Crippen molar-refractivity contribution in [2.75, 3.05) is 32.7 Å². The zero-order valence-corrected chi connectivity index (χ0v) is 16.1. The Bertz CT molecular complexity index is 661. The lowest BCUT2D eigenvalue weighted by atomic mass is 9.90. The highest BCUT2D eigenvalue weighted by atomic mass is 16.5. The van der Waals surface area contributed by atoms with Gasteiger partial charge >= 0.3 is 0 Å². The summed E-state index contributed by atoms with van der Waals surface area (Å²) in [5.41, 5.74) is 2.11. The summed E-state index contributed by atoms with van der Waals surface area (Å²) in [4.78, 5) is 17.7. The molecular formula is C21H31N3O2. The second kappa shape index (κ2) is 7.20. The number of hydrogen-bond acceptors (Lipinski definition) is 4. The molecular weight excluding hydrogens is 326 g/mol. The minimum absolute atomic E-state index is 0.0193. The molecule has 3 aliphatic rings. The summed E-state index contributed by atoms with van der Waals surface area (Å²) in [6.07, 6.45) is 4.01. The molecule has 2 fully saturated rings. The molecule has 4 rings (SSSR count). The molecule has 1 amide bonds. The van der Waals surface area contributed by atoms with E-state index in [4.69, 9.17) is 4.74 Å². The third-order valence-corrected chi connectivity index (χ3v) is 6.27. The molecule has 0 aromatic heterocycles. The smallest absolute Gasteiger partial charge is 0.240 e. The minimum Gasteiger partial charge on any atom is -0.485 e. The zero-order chi connectivity index (χ0) is 18.1. The van der Waals surface area contributed by atoms with Crippen LogP contribution in [0.3, 0.4) is 0 Å². The fraction of sp³-hybridized carbons (Fsp3) is 0.667. The van der Waals surface area contributed by atoms with Crippen molar-refractivity contribution in [3.8, 4) is 5.75 Å². The van der Waals surface area contributed by atoms with E-state index in [1.54, 1.807) is 0 Å². The summed E-state index contributed by atoms with van der Waals surface area (Å²) in [5.74, 6) is 1.22. The Morgan fingerprint density at radius 1 is 1.35 bits per heavy atom. The number of benzene rings is 1. The van der Waals surface area contributed by atoms with Gasteiger partial charge in [0, 0.05) is 38.0 Å². The number of fused-ring (bicyclic) bond motifs is 1. The highest BCUT2D eigenvalue weighted by Gasteiger charge is 2.42. The number of ether oxygens (including phenoxy) is 1. The number of likely N-dealkylation sites (tertiary alicyclic amines) is 1. The molecule has 0 unspecified atom stereocenters. The molecule has 1 N–H and O–H groups in total. The molecule has 0 aliphatic carbocycles. The second-order valence-electron chi connectivity index (χ2n) is 8.17. The third kappa shape index (κ3) is 3.47. The van der Waals surface area contributed by atoms with Crippen molar-refractivity contribution < 1.29 is 9.53 Å². The number of amides is 1. The molecule has 1 spiro atoms. The number of aryl methyl sites for hydroxylation is 1. The molecule has 2 saturated heterocycles. The van der Waals surface area contributed by atoms with Gasteiger partial charge < -0.3 is 19.9 Å². The number of piperidine rings is 1. The van der Waals surface area contributed by atoms with Crippen molar-refractivity contribution in [3.63, 3.8) is 0 Å². The molecule has 0 saturated carbocycles. The third-order valence-electron chi connectivity index (χ3n) is 6.27. The van der Waals surface area contributed by atoms with E-state index in [-0.39, 0.29) is 17.6 Å². The summed E-state index contributed by atoms with van der Waals surface area (Å²) in [6, 6.07) is 6.37. The highest BCUT2D eigenvalue weighted by molar-refractivity contribution is 5.82. The predicted molar refractivity (Wildman–Crippen MR) is 102 cm³/mol. The van der Waals surface area contributed by atoms with E-state index in [0.717, 1.165) is 63.2 Å². The molecule has 1 atom stereocenters. The van der Waals surface area contributed by atoms with Crippen LogP contribution >= 0.6 is 0 Å². The lowest BCUT2D eigenvalue weighted by Gasteiger charge is -2.42. The largest absolute Gasteiger partial charge is 0.485 e. The van der Waals surface area contributed by atoms with Gasteiger partial charge in [-0.1, -0.05) is 24.6 Å². The van der Waals surface area contributed by atoms with Crippen molar-refractivity contribution in [2.24, 2.45) is 0 Å². The Labute approximate surface area is 156 Å². The van der Waals surface area contributed by atoms with E-state index in [9.17, 15) is 4.79 Å². The van der Waals surface area contributed by atoms with E-state index < -0.39 is 0 Å². The topological polar surface area (TPSA) is 44.8 Å². The van der Waals surface area contributed by atoms with Crippen LogP contribution in [0.4, 0.5) is 0 Å². The van der Waals surface area contributed by atoms with Gasteiger partial charge in [0.1, 0.15) is 11.4 Å². The summed E-state index contributed by atoms with van der Waals surface area (Å²) < 4.78 is 6.64. The minimum atomic E-state index is -0.250. The fourth-order valence-corrected chi connectivity index (χ4v) is 4.61. The van der Waals surface area contributed by atoms with Gasteiger partial charge in [0.05, 0.1) is 12.6 Å². The molecule has 5 nitrogen and oxygen atoms in total. The van der Waals surface area contributed by atoms with Crippen LogP contribution in [0.2, 0.25) is 0 Å². The summed E-state index contributed by atoms with van der Waals surface area (Å²) in [5, 5.41) is 3.38. The number of nitrogens with one attached hydrogen (secondary N) is 1. The number of rotatable bonds is 2. The van der Waals surface area contributed by atoms with Gasteiger partial charge in [0.2, 0.25) is 5.91 Å². The average molecular weight is 357 g/mol. The summed E-state index contributed by atoms with van der Waals surface area (Å²) in [7, 11) is 0. The summed E-state index contributed by atoms with van der Waals surface area (Å²) in [6.45, 7) is 9.80. The van der Waals surface area contributed by atoms with Crippen LogP contribution in [0.15, 0.2) is 18.2 Å². The Hall–Kier alpha value is -1.59. The molecule has 142 valence electrons. The fourth-order valence-electron chi connectivity index (χ4n) is 4.61. The van der Waals surface area contributed by atoms with Crippen molar-refractivity contribution in [3.05, 3.63) is 29.3 Å². The van der Waals surface area contributed by atoms with Crippen LogP contribution in [-0.4, -0.2) is 60.1 Å². The van der Waals surface area contributed by atoms with Gasteiger partial charge in [-0.3, -0.25) is 4.79 Å². The molecule has 3 heterocycles. The van der Waals surface area contributed by atoms with E-state index in [1.807, 2.05) is 0 Å². The molecule has 1 aromatic rings. The van der Waals surface area contributed by atoms with Crippen LogP contribution in [-0.2, 0) is 11.3 Å². The van der Waals surface area contributed by atoms with E-state index in [1.165, 1.54) is 5.56 Å². The number of carbonyl (C=O) groups excluding carboxylic acids is 1. The van der Waals surface area contributed by atoms with Crippen molar-refractivity contribution >= 4 is 5.91 Å². The molecule has 26 heavy (non-hydrogen) atoms. The van der Waals surface area contributed by atoms with Gasteiger partial charge in [0.25, 0.3) is 0 Å². The van der Waals surface area contributed by atoms with E-state index >= 15 is 0 Å². The van der Waals surface area contributed by atoms with E-state index in [2.05, 4.69) is 47.2 Å². The summed E-state index contributed by atoms with van der Waals surface area (Å²) >= 11 is 0. The standard InChI is InChI=1S/C21H31N3O2/c1-3-23-11-8-21(9-12-23)15-24(20(25)18-5-4-10-22-18)14-17-13-16(2)6-7-19(17)26-21/h6-7,13,18,22H,3-5,8-12,14-15H2,1-2H3/t18-/m1/s1. The number of carbonyl (C=O) groups is 1. The molecule has 3 aliphatic heterocycles. The van der Waals surface area contributed by atoms with Gasteiger partial charge in [-0.2, -0.15) is 0 Å². The van der Waals surface area contributed by atoms with Crippen molar-refractivity contribution in [1.29, 1.82) is 0 Å². The van der Waals surface area contributed by atoms with Crippen LogP contribution in [0.1, 0.15) is 43.7 Å². The lowest BCUT2D eigenvalue weighted by molar-refractivity contribution is -0.137. The van der Waals surface area contributed by atoms with Gasteiger partial charge in [-0.15, -0.1) is 0 Å². The van der Waals surface area contributed by atoms with Crippen molar-refractivity contribution in [1.82, 2.24) is 15.1 Å². The maximum absolute atomic E-state index is 13.2. The Kier molecular flexibility index (Phi) is 4.93. The first kappa shape index (κ1) is 17.8. The zero-order valence-electron chi connectivity index (χ0n) is 16.1. The molecule has 5 heteroatoms. The Balaban J connectivity index is 1.63. The van der Waals surface area contributed by atoms with Crippen molar-refractivity contribution in [2.45, 2.75) is 57.7 Å². The van der Waals surface area contributed by atoms with Gasteiger partial charge in [-0.25, -0.2) is 0 Å². The van der Waals surface area contributed by atoms with Crippen LogP contribution in [0, 0.1) is 6.92 Å². The average Bonchev–Trinajstić information content (AvgIpc) is 3.13. The van der Waals surface area contributed by atoms with Gasteiger partial charge in [-0.05, 0) is 38.9 Å². The van der Waals surface area contributed by atoms with Crippen LogP contribution in [0.5, 0.6) is 5.75 Å². The first-order valence-corrected chi connectivity index (χ1v) is 10.1. The monoisotopic (exact) mass is 357 g/mol. The maximum Gasteiger partial charge on any atom is 0.240 e. The predicted octanol–water partition coefficient (Wildman–Crippen LogP) is 2.32. The van der Waals surface area contributed by atoms with Crippen LogP contribution in [0.25, 0.3) is 0 Å². The number of nitrogens with zero attached hydrogens (tertiary/aromatic N) is 2. The van der Waals surface area contributed by atoms with E-state index in [0.29, 0.717) is 13.1 Å². The first-order valence-electron chi connectivity index (χ1n) is 10.1. The maximum atomic E-state index is 13.2. The Morgan fingerprint density at radius 3 is 2.85 bits per heavy atom. The molecule has 0 bridgehead atoms. The molecule has 0 radical (unpaired) electrons. The number of hydrogen-bond donors (Lipinski definition) is 1. The van der Waals surface area contributed by atoms with Crippen LogP contribution < -0.4 is 10.1 Å². The SMILES string of the molecule is CCN1CCC2(CC1)CN(C(=O)[C@H]1CCCN1)Cc1cc(C)ccc1O2. The molecule has 1 aromatic carbocycles. The highest BCUT2D eigenvalue weighted by Crippen LogP contribution is 2.36. The quantitative estimate of drug-likeness (QED) is 0.882. The normalized spacial score (nSPS) is 25.6. The second-order valence-corrected chi connectivity index (χ2v) is 8.17. The van der Waals surface area contributed by atoms with Gasteiger partial charge in [0.15, 0.2) is 0 Å². The first-order chi connectivity index (χ1) is 12.6. The Morgan fingerprint density at radius 2 is 2.15 bits per heavy atom.